The summed E-state index contributed by atoms with van der Waals surface area (Å²) in [6, 6.07) is 11.0. The average Bonchev–Trinajstić information content (AvgIpc) is 2.40. The van der Waals surface area contributed by atoms with Crippen LogP contribution in [0.5, 0.6) is 0 Å². The molecule has 0 atom stereocenters. The van der Waals surface area contributed by atoms with Crippen LogP contribution in [0.3, 0.4) is 0 Å². The number of nitrogens with zero attached hydrogens (tertiary/aromatic N) is 1. The summed E-state index contributed by atoms with van der Waals surface area (Å²) in [4.78, 5) is -0.482. The van der Waals surface area contributed by atoms with Crippen molar-refractivity contribution in [3.63, 3.8) is 0 Å². The lowest BCUT2D eigenvalue weighted by Crippen LogP contribution is -2.28. The molecular weight excluding hydrogens is 359 g/mol. The Balaban J connectivity index is 2.33. The lowest BCUT2D eigenvalue weighted by molar-refractivity contribution is 0.460. The van der Waals surface area contributed by atoms with Crippen LogP contribution in [0.2, 0.25) is 0 Å². The van der Waals surface area contributed by atoms with Crippen molar-refractivity contribution < 1.29 is 12.8 Å². The van der Waals surface area contributed by atoms with Gasteiger partial charge in [-0.2, -0.15) is 4.31 Å². The van der Waals surface area contributed by atoms with Gasteiger partial charge in [-0.15, -0.1) is 0 Å². The zero-order valence-corrected chi connectivity index (χ0v) is 13.7. The Labute approximate surface area is 131 Å². The summed E-state index contributed by atoms with van der Waals surface area (Å²) in [5, 5.41) is 0. The maximum atomic E-state index is 13.8. The van der Waals surface area contributed by atoms with Crippen molar-refractivity contribution in [3.05, 3.63) is 58.3 Å². The molecule has 0 saturated heterocycles. The van der Waals surface area contributed by atoms with Gasteiger partial charge in [0.05, 0.1) is 5.69 Å². The van der Waals surface area contributed by atoms with Gasteiger partial charge in [-0.05, 0) is 29.8 Å². The van der Waals surface area contributed by atoms with Crippen molar-refractivity contribution in [1.82, 2.24) is 4.31 Å². The molecule has 0 heterocycles. The highest BCUT2D eigenvalue weighted by Gasteiger charge is 2.26. The highest BCUT2D eigenvalue weighted by molar-refractivity contribution is 9.10. The number of hydrogen-bond acceptors (Lipinski definition) is 3. The van der Waals surface area contributed by atoms with Crippen molar-refractivity contribution in [3.8, 4) is 0 Å². The Kier molecular flexibility index (Phi) is 4.65. The van der Waals surface area contributed by atoms with Crippen LogP contribution in [0.4, 0.5) is 10.1 Å². The maximum Gasteiger partial charge on any atom is 0.248 e. The number of benzene rings is 2. The zero-order valence-electron chi connectivity index (χ0n) is 11.3. The third-order valence-electron chi connectivity index (χ3n) is 2.98. The summed E-state index contributed by atoms with van der Waals surface area (Å²) in [6.07, 6.45) is 0. The summed E-state index contributed by atoms with van der Waals surface area (Å²) in [5.41, 5.74) is 6.30. The molecule has 0 fully saturated rings. The van der Waals surface area contributed by atoms with E-state index in [9.17, 15) is 12.8 Å². The van der Waals surface area contributed by atoms with Gasteiger partial charge in [0.1, 0.15) is 10.7 Å². The first-order chi connectivity index (χ1) is 9.82. The summed E-state index contributed by atoms with van der Waals surface area (Å²) >= 11 is 3.31. The molecule has 2 aromatic rings. The zero-order chi connectivity index (χ0) is 15.6. The van der Waals surface area contributed by atoms with Crippen LogP contribution in [0, 0.1) is 5.82 Å². The van der Waals surface area contributed by atoms with Crippen molar-refractivity contribution >= 4 is 31.6 Å². The lowest BCUT2D eigenvalue weighted by Gasteiger charge is -2.18. The van der Waals surface area contributed by atoms with Crippen LogP contribution in [-0.2, 0) is 16.6 Å². The van der Waals surface area contributed by atoms with E-state index in [2.05, 4.69) is 15.9 Å². The van der Waals surface area contributed by atoms with Gasteiger partial charge < -0.3 is 5.73 Å². The first-order valence-corrected chi connectivity index (χ1v) is 8.30. The molecule has 4 nitrogen and oxygen atoms in total. The largest absolute Gasteiger partial charge is 0.398 e. The van der Waals surface area contributed by atoms with Crippen molar-refractivity contribution in [2.24, 2.45) is 0 Å². The first-order valence-electron chi connectivity index (χ1n) is 6.07. The minimum atomic E-state index is -3.99. The first kappa shape index (κ1) is 15.9. The fourth-order valence-electron chi connectivity index (χ4n) is 1.89. The molecule has 0 bridgehead atoms. The molecule has 0 aliphatic rings. The van der Waals surface area contributed by atoms with Crippen molar-refractivity contribution in [2.75, 3.05) is 12.8 Å². The molecule has 21 heavy (non-hydrogen) atoms. The van der Waals surface area contributed by atoms with E-state index in [1.54, 1.807) is 12.1 Å². The average molecular weight is 373 g/mol. The standard InChI is InChI=1S/C14H14BrFN2O2S/c1-18(9-10-5-7-11(15)8-6-10)21(19,20)14-12(16)3-2-4-13(14)17/h2-8H,9,17H2,1H3. The molecule has 0 radical (unpaired) electrons. The molecule has 7 heteroatoms. The molecule has 2 aromatic carbocycles. The Bertz CT molecular complexity index is 728. The second kappa shape index (κ2) is 6.13. The molecule has 0 aromatic heterocycles. The smallest absolute Gasteiger partial charge is 0.248 e. The van der Waals surface area contributed by atoms with E-state index in [-0.39, 0.29) is 12.2 Å². The predicted octanol–water partition coefficient (Wildman–Crippen LogP) is 2.99. The number of anilines is 1. The second-order valence-electron chi connectivity index (χ2n) is 4.55. The SMILES string of the molecule is CN(Cc1ccc(Br)cc1)S(=O)(=O)c1c(N)cccc1F. The van der Waals surface area contributed by atoms with Gasteiger partial charge >= 0.3 is 0 Å². The lowest BCUT2D eigenvalue weighted by atomic mass is 10.2. The highest BCUT2D eigenvalue weighted by Crippen LogP contribution is 2.25. The van der Waals surface area contributed by atoms with E-state index in [1.165, 1.54) is 19.2 Å². The van der Waals surface area contributed by atoms with E-state index in [0.717, 1.165) is 20.4 Å². The monoisotopic (exact) mass is 372 g/mol. The van der Waals surface area contributed by atoms with Crippen LogP contribution in [0.25, 0.3) is 0 Å². The van der Waals surface area contributed by atoms with Gasteiger partial charge in [-0.1, -0.05) is 34.1 Å². The normalized spacial score (nSPS) is 11.8. The van der Waals surface area contributed by atoms with E-state index in [4.69, 9.17) is 5.73 Å². The Hall–Kier alpha value is -1.44. The fourth-order valence-corrected chi connectivity index (χ4v) is 3.46. The van der Waals surface area contributed by atoms with Gasteiger partial charge in [0, 0.05) is 18.1 Å². The molecule has 0 aliphatic carbocycles. The quantitative estimate of drug-likeness (QED) is 0.839. The Morgan fingerprint density at radius 1 is 1.19 bits per heavy atom. The van der Waals surface area contributed by atoms with Crippen LogP contribution < -0.4 is 5.73 Å². The van der Waals surface area contributed by atoms with E-state index >= 15 is 0 Å². The molecule has 0 spiro atoms. The number of nitrogen functional groups attached to an aromatic ring is 1. The van der Waals surface area contributed by atoms with Gasteiger partial charge in [-0.3, -0.25) is 0 Å². The van der Waals surface area contributed by atoms with Crippen LogP contribution in [0.15, 0.2) is 51.8 Å². The third-order valence-corrected chi connectivity index (χ3v) is 5.41. The Morgan fingerprint density at radius 2 is 1.81 bits per heavy atom. The predicted molar refractivity (Wildman–Crippen MR) is 83.6 cm³/mol. The van der Waals surface area contributed by atoms with Crippen molar-refractivity contribution in [2.45, 2.75) is 11.4 Å². The summed E-state index contributed by atoms with van der Waals surface area (Å²) in [5.74, 6) is -0.849. The van der Waals surface area contributed by atoms with Crippen LogP contribution >= 0.6 is 15.9 Å². The molecule has 112 valence electrons. The molecule has 2 rings (SSSR count). The number of nitrogens with two attached hydrogens (primary N) is 1. The number of sulfonamides is 1. The molecule has 2 N–H and O–H groups in total. The Morgan fingerprint density at radius 3 is 2.38 bits per heavy atom. The second-order valence-corrected chi connectivity index (χ2v) is 7.44. The topological polar surface area (TPSA) is 63.4 Å². The molecule has 0 saturated carbocycles. The minimum Gasteiger partial charge on any atom is -0.398 e. The molecule has 0 unspecified atom stereocenters. The fraction of sp³-hybridized carbons (Fsp3) is 0.143. The van der Waals surface area contributed by atoms with Gasteiger partial charge in [-0.25, -0.2) is 12.8 Å². The van der Waals surface area contributed by atoms with Gasteiger partial charge in [0.2, 0.25) is 10.0 Å². The number of halogens is 2. The number of hydrogen-bond donors (Lipinski definition) is 1. The maximum absolute atomic E-state index is 13.8. The van der Waals surface area contributed by atoms with Crippen LogP contribution in [0.1, 0.15) is 5.56 Å². The third kappa shape index (κ3) is 3.42. The summed E-state index contributed by atoms with van der Waals surface area (Å²) < 4.78 is 40.7. The van der Waals surface area contributed by atoms with E-state index in [0.29, 0.717) is 0 Å². The summed E-state index contributed by atoms with van der Waals surface area (Å²) in [6.45, 7) is 0.128. The summed E-state index contributed by atoms with van der Waals surface area (Å²) in [7, 11) is -2.59. The van der Waals surface area contributed by atoms with Gasteiger partial charge in [0.15, 0.2) is 0 Å². The van der Waals surface area contributed by atoms with Crippen molar-refractivity contribution in [1.29, 1.82) is 0 Å². The van der Waals surface area contributed by atoms with Crippen LogP contribution in [-0.4, -0.2) is 19.8 Å². The minimum absolute atomic E-state index is 0.0994. The van der Waals surface area contributed by atoms with E-state index in [1.807, 2.05) is 12.1 Å². The molecule has 0 amide bonds. The highest BCUT2D eigenvalue weighted by atomic mass is 79.9. The van der Waals surface area contributed by atoms with Gasteiger partial charge in [0.25, 0.3) is 0 Å². The number of rotatable bonds is 4. The molecular formula is C14H14BrFN2O2S. The molecule has 0 aliphatic heterocycles. The van der Waals surface area contributed by atoms with E-state index < -0.39 is 20.7 Å².